The highest BCUT2D eigenvalue weighted by Gasteiger charge is 2.30. The first-order valence-electron chi connectivity index (χ1n) is 8.46. The number of halogens is 4. The summed E-state index contributed by atoms with van der Waals surface area (Å²) in [6.07, 6.45) is 0. The minimum Gasteiger partial charge on any atom is -0.496 e. The molecule has 0 amide bonds. The van der Waals surface area contributed by atoms with Crippen LogP contribution in [0.4, 0.5) is 0 Å². The van der Waals surface area contributed by atoms with Crippen LogP contribution in [-0.4, -0.2) is 18.4 Å². The van der Waals surface area contributed by atoms with E-state index in [1.165, 1.54) is 25.3 Å². The topological polar surface area (TPSA) is 60.4 Å². The van der Waals surface area contributed by atoms with E-state index in [9.17, 15) is 14.2 Å². The van der Waals surface area contributed by atoms with Crippen molar-refractivity contribution in [3.63, 3.8) is 0 Å². The molecule has 0 bridgehead atoms. The smallest absolute Gasteiger partial charge is 0.228 e. The summed E-state index contributed by atoms with van der Waals surface area (Å²) in [7, 11) is -1.93. The molecular formula is C21H13Cl4O4P. The predicted octanol–water partition coefficient (Wildman–Crippen LogP) is 6.57. The van der Waals surface area contributed by atoms with Gasteiger partial charge in [0.05, 0.1) is 43.6 Å². The van der Waals surface area contributed by atoms with E-state index in [0.29, 0.717) is 5.56 Å². The van der Waals surface area contributed by atoms with E-state index in [1.807, 2.05) is 0 Å². The van der Waals surface area contributed by atoms with Gasteiger partial charge in [-0.25, -0.2) is 0 Å². The molecule has 0 fully saturated rings. The minimum absolute atomic E-state index is 0.0137. The van der Waals surface area contributed by atoms with E-state index in [2.05, 4.69) is 0 Å². The first-order chi connectivity index (χ1) is 14.3. The van der Waals surface area contributed by atoms with E-state index in [-0.39, 0.29) is 42.3 Å². The van der Waals surface area contributed by atoms with Gasteiger partial charge in [0.2, 0.25) is 5.52 Å². The van der Waals surface area contributed by atoms with Crippen molar-refractivity contribution in [3.05, 3.63) is 91.4 Å². The third-order valence-electron chi connectivity index (χ3n) is 4.29. The first-order valence-corrected chi connectivity index (χ1v) is 11.4. The molecule has 0 spiro atoms. The van der Waals surface area contributed by atoms with E-state index < -0.39 is 19.1 Å². The molecule has 1 unspecified atom stereocenters. The van der Waals surface area contributed by atoms with Crippen LogP contribution >= 0.6 is 54.2 Å². The maximum Gasteiger partial charge on any atom is 0.228 e. The molecule has 0 aliphatic rings. The lowest BCUT2D eigenvalue weighted by Crippen LogP contribution is -2.14. The SMILES string of the molecule is COc1cccc(Cl)c1C(=O)[PH](=O)c1c(Cl)cc(Cl)c(C(=O)c2ccccc2)c1Cl. The van der Waals surface area contributed by atoms with Gasteiger partial charge in [-0.2, -0.15) is 0 Å². The molecule has 0 saturated heterocycles. The highest BCUT2D eigenvalue weighted by atomic mass is 35.5. The minimum atomic E-state index is -3.29. The third kappa shape index (κ3) is 4.30. The average molecular weight is 502 g/mol. The van der Waals surface area contributed by atoms with Crippen LogP contribution in [0, 0.1) is 0 Å². The van der Waals surface area contributed by atoms with Gasteiger partial charge < -0.3 is 9.30 Å². The van der Waals surface area contributed by atoms with Crippen molar-refractivity contribution in [3.8, 4) is 5.75 Å². The molecule has 0 N–H and O–H groups in total. The van der Waals surface area contributed by atoms with Gasteiger partial charge in [-0.1, -0.05) is 82.8 Å². The number of carbonyl (C=O) groups excluding carboxylic acids is 2. The van der Waals surface area contributed by atoms with Crippen molar-refractivity contribution in [2.75, 3.05) is 7.11 Å². The van der Waals surface area contributed by atoms with Crippen molar-refractivity contribution in [2.45, 2.75) is 0 Å². The van der Waals surface area contributed by atoms with Crippen LogP contribution in [0.5, 0.6) is 5.75 Å². The highest BCUT2D eigenvalue weighted by molar-refractivity contribution is 7.72. The molecule has 0 aromatic heterocycles. The standard InChI is InChI=1S/C21H13Cl4O4P/c1-29-15-9-5-8-12(22)16(15)21(27)30(28)20-14(24)10-13(23)17(18(20)25)19(26)11-6-3-2-4-7-11/h2-10,30H,1H3. The van der Waals surface area contributed by atoms with Gasteiger partial charge in [-0.15, -0.1) is 0 Å². The van der Waals surface area contributed by atoms with Crippen LogP contribution in [-0.2, 0) is 4.57 Å². The molecule has 3 aromatic rings. The Labute approximate surface area is 193 Å². The molecule has 3 aromatic carbocycles. The Balaban J connectivity index is 2.14. The van der Waals surface area contributed by atoms with Gasteiger partial charge in [0.15, 0.2) is 13.6 Å². The molecule has 3 rings (SSSR count). The van der Waals surface area contributed by atoms with E-state index in [1.54, 1.807) is 36.4 Å². The van der Waals surface area contributed by atoms with Gasteiger partial charge in [0.25, 0.3) is 0 Å². The van der Waals surface area contributed by atoms with Gasteiger partial charge >= 0.3 is 0 Å². The summed E-state index contributed by atoms with van der Waals surface area (Å²) < 4.78 is 18.4. The fraction of sp³-hybridized carbons (Fsp3) is 0.0476. The van der Waals surface area contributed by atoms with Crippen molar-refractivity contribution < 1.29 is 18.9 Å². The van der Waals surface area contributed by atoms with Crippen LogP contribution in [0.15, 0.2) is 54.6 Å². The largest absolute Gasteiger partial charge is 0.496 e. The molecule has 9 heteroatoms. The number of rotatable bonds is 6. The molecule has 0 radical (unpaired) electrons. The zero-order valence-corrected chi connectivity index (χ0v) is 19.4. The summed E-state index contributed by atoms with van der Waals surface area (Å²) in [6.45, 7) is 0. The quantitative estimate of drug-likeness (QED) is 0.283. The Hall–Kier alpha value is -1.81. The van der Waals surface area contributed by atoms with E-state index >= 15 is 0 Å². The summed E-state index contributed by atoms with van der Waals surface area (Å²) in [4.78, 5) is 26.0. The summed E-state index contributed by atoms with van der Waals surface area (Å²) in [5, 5.41) is -0.416. The number of carbonyl (C=O) groups is 2. The van der Waals surface area contributed by atoms with Crippen molar-refractivity contribution >= 4 is 70.8 Å². The van der Waals surface area contributed by atoms with E-state index in [0.717, 1.165) is 0 Å². The lowest BCUT2D eigenvalue weighted by molar-refractivity contribution is 0.103. The Morgan fingerprint density at radius 1 is 0.833 bits per heavy atom. The maximum atomic E-state index is 13.2. The molecule has 0 heterocycles. The summed E-state index contributed by atoms with van der Waals surface area (Å²) >= 11 is 25.0. The monoisotopic (exact) mass is 500 g/mol. The molecule has 0 aliphatic heterocycles. The summed E-state index contributed by atoms with van der Waals surface area (Å²) in [5.74, 6) is -0.325. The Bertz CT molecular complexity index is 1180. The van der Waals surface area contributed by atoms with Crippen molar-refractivity contribution in [1.29, 1.82) is 0 Å². The molecule has 1 atom stereocenters. The predicted molar refractivity (Wildman–Crippen MR) is 122 cm³/mol. The Morgan fingerprint density at radius 2 is 1.50 bits per heavy atom. The fourth-order valence-electron chi connectivity index (χ4n) is 2.86. The first kappa shape index (κ1) is 22.9. The van der Waals surface area contributed by atoms with Crippen LogP contribution < -0.4 is 10.0 Å². The number of benzene rings is 3. The number of ketones is 1. The van der Waals surface area contributed by atoms with Crippen LogP contribution in [0.25, 0.3) is 0 Å². The van der Waals surface area contributed by atoms with Gasteiger partial charge in [0.1, 0.15) is 5.75 Å². The Morgan fingerprint density at radius 3 is 2.13 bits per heavy atom. The second-order valence-electron chi connectivity index (χ2n) is 6.07. The van der Waals surface area contributed by atoms with Crippen molar-refractivity contribution in [2.24, 2.45) is 0 Å². The normalized spacial score (nSPS) is 11.8. The number of hydrogen-bond donors (Lipinski definition) is 0. The number of hydrogen-bond acceptors (Lipinski definition) is 4. The van der Waals surface area contributed by atoms with E-state index in [4.69, 9.17) is 51.1 Å². The summed E-state index contributed by atoms with van der Waals surface area (Å²) in [5.41, 5.74) is -0.607. The lowest BCUT2D eigenvalue weighted by atomic mass is 10.0. The molecule has 154 valence electrons. The van der Waals surface area contributed by atoms with Crippen LogP contribution in [0.3, 0.4) is 0 Å². The molecular weight excluding hydrogens is 489 g/mol. The summed E-state index contributed by atoms with van der Waals surface area (Å²) in [6, 6.07) is 14.1. The molecule has 4 nitrogen and oxygen atoms in total. The fourth-order valence-corrected chi connectivity index (χ4v) is 5.97. The second kappa shape index (κ2) is 9.55. The van der Waals surface area contributed by atoms with Crippen molar-refractivity contribution in [1.82, 2.24) is 0 Å². The van der Waals surface area contributed by atoms with Crippen LogP contribution in [0.1, 0.15) is 26.3 Å². The lowest BCUT2D eigenvalue weighted by Gasteiger charge is -2.14. The maximum absolute atomic E-state index is 13.2. The highest BCUT2D eigenvalue weighted by Crippen LogP contribution is 2.41. The molecule has 0 aliphatic carbocycles. The van der Waals surface area contributed by atoms with Crippen LogP contribution in [0.2, 0.25) is 20.1 Å². The van der Waals surface area contributed by atoms with Gasteiger partial charge in [0, 0.05) is 5.56 Å². The van der Waals surface area contributed by atoms with Gasteiger partial charge in [-0.3, -0.25) is 9.59 Å². The number of ether oxygens (including phenoxy) is 1. The number of methoxy groups -OCH3 is 1. The average Bonchev–Trinajstić information content (AvgIpc) is 2.73. The second-order valence-corrected chi connectivity index (χ2v) is 9.29. The molecule has 30 heavy (non-hydrogen) atoms. The third-order valence-corrected chi connectivity index (χ3v) is 7.53. The zero-order chi connectivity index (χ0) is 22.0. The van der Waals surface area contributed by atoms with Gasteiger partial charge in [-0.05, 0) is 18.2 Å². The Kier molecular flexibility index (Phi) is 7.28. The zero-order valence-electron chi connectivity index (χ0n) is 15.3. The molecule has 0 saturated carbocycles.